The zero-order valence-electron chi connectivity index (χ0n) is 9.65. The third-order valence-electron chi connectivity index (χ3n) is 2.45. The fourth-order valence-corrected chi connectivity index (χ4v) is 2.20. The second kappa shape index (κ2) is 5.54. The molecule has 1 N–H and O–H groups in total. The van der Waals surface area contributed by atoms with Crippen LogP contribution in [0.25, 0.3) is 0 Å². The number of carbonyl (C=O) groups excluding carboxylic acids is 1. The maximum Gasteiger partial charge on any atom is 0.272 e. The van der Waals surface area contributed by atoms with Crippen LogP contribution in [0.5, 0.6) is 0 Å². The fraction of sp³-hybridized carbons (Fsp3) is 0.167. The highest BCUT2D eigenvalue weighted by molar-refractivity contribution is 9.10. The Morgan fingerprint density at radius 1 is 1.61 bits per heavy atom. The van der Waals surface area contributed by atoms with Crippen LogP contribution < -0.4 is 5.32 Å². The van der Waals surface area contributed by atoms with E-state index in [-0.39, 0.29) is 5.91 Å². The van der Waals surface area contributed by atoms with Crippen molar-refractivity contribution in [1.82, 2.24) is 9.55 Å². The number of amides is 1. The first-order chi connectivity index (χ1) is 8.61. The van der Waals surface area contributed by atoms with Crippen molar-refractivity contribution in [3.05, 3.63) is 45.9 Å². The molecule has 0 atom stereocenters. The van der Waals surface area contributed by atoms with E-state index < -0.39 is 0 Å². The third-order valence-corrected chi connectivity index (χ3v) is 3.22. The molecule has 0 aromatic carbocycles. The summed E-state index contributed by atoms with van der Waals surface area (Å²) in [6.45, 7) is 2.69. The standard InChI is InChI=1S/C12H11BrClN3O/c1-2-17-7-8(13)5-11(17)12(18)16-10-6-15-4-3-9(10)14/h3-7H,2H2,1H3,(H,16,18). The molecule has 1 amide bonds. The molecule has 0 bridgehead atoms. The normalized spacial score (nSPS) is 10.4. The Labute approximate surface area is 118 Å². The van der Waals surface area contributed by atoms with Crippen molar-refractivity contribution in [1.29, 1.82) is 0 Å². The van der Waals surface area contributed by atoms with Crippen LogP contribution >= 0.6 is 27.5 Å². The number of anilines is 1. The molecule has 0 radical (unpaired) electrons. The summed E-state index contributed by atoms with van der Waals surface area (Å²) in [6, 6.07) is 3.40. The second-order valence-electron chi connectivity index (χ2n) is 3.64. The van der Waals surface area contributed by atoms with Crippen LogP contribution in [0.4, 0.5) is 5.69 Å². The van der Waals surface area contributed by atoms with E-state index in [0.717, 1.165) is 11.0 Å². The minimum atomic E-state index is -0.211. The lowest BCUT2D eigenvalue weighted by Gasteiger charge is -2.08. The number of nitrogens with one attached hydrogen (secondary N) is 1. The highest BCUT2D eigenvalue weighted by Gasteiger charge is 2.13. The topological polar surface area (TPSA) is 46.9 Å². The summed E-state index contributed by atoms with van der Waals surface area (Å²) in [4.78, 5) is 16.0. The number of pyridine rings is 1. The summed E-state index contributed by atoms with van der Waals surface area (Å²) in [6.07, 6.45) is 4.96. The Hall–Kier alpha value is -1.33. The maximum absolute atomic E-state index is 12.1. The molecule has 0 saturated heterocycles. The van der Waals surface area contributed by atoms with E-state index in [0.29, 0.717) is 16.4 Å². The number of halogens is 2. The average molecular weight is 329 g/mol. The number of rotatable bonds is 3. The highest BCUT2D eigenvalue weighted by atomic mass is 79.9. The smallest absolute Gasteiger partial charge is 0.272 e. The first-order valence-electron chi connectivity index (χ1n) is 5.38. The van der Waals surface area contributed by atoms with Gasteiger partial charge in [0, 0.05) is 23.4 Å². The summed E-state index contributed by atoms with van der Waals surface area (Å²) >= 11 is 9.32. The van der Waals surface area contributed by atoms with Gasteiger partial charge in [-0.25, -0.2) is 0 Å². The van der Waals surface area contributed by atoms with E-state index in [9.17, 15) is 4.79 Å². The summed E-state index contributed by atoms with van der Waals surface area (Å²) < 4.78 is 2.72. The lowest BCUT2D eigenvalue weighted by Crippen LogP contribution is -2.16. The van der Waals surface area contributed by atoms with Crippen molar-refractivity contribution in [2.75, 3.05) is 5.32 Å². The molecule has 94 valence electrons. The first-order valence-corrected chi connectivity index (χ1v) is 6.55. The molecule has 2 aromatic rings. The minimum absolute atomic E-state index is 0.211. The van der Waals surface area contributed by atoms with Gasteiger partial charge in [0.05, 0.1) is 16.9 Å². The Bertz CT molecular complexity index is 582. The molecule has 2 rings (SSSR count). The van der Waals surface area contributed by atoms with Crippen molar-refractivity contribution in [2.45, 2.75) is 13.5 Å². The molecule has 18 heavy (non-hydrogen) atoms. The predicted molar refractivity (Wildman–Crippen MR) is 75.0 cm³/mol. The van der Waals surface area contributed by atoms with Gasteiger partial charge in [-0.1, -0.05) is 11.6 Å². The van der Waals surface area contributed by atoms with Crippen LogP contribution in [0.15, 0.2) is 35.2 Å². The van der Waals surface area contributed by atoms with Crippen LogP contribution in [0, 0.1) is 0 Å². The summed E-state index contributed by atoms with van der Waals surface area (Å²) in [5.41, 5.74) is 1.08. The number of aryl methyl sites for hydroxylation is 1. The molecular weight excluding hydrogens is 318 g/mol. The number of hydrogen-bond acceptors (Lipinski definition) is 2. The molecule has 2 aromatic heterocycles. The molecular formula is C12H11BrClN3O. The average Bonchev–Trinajstić information content (AvgIpc) is 2.73. The van der Waals surface area contributed by atoms with Gasteiger partial charge in [-0.3, -0.25) is 9.78 Å². The molecule has 2 heterocycles. The van der Waals surface area contributed by atoms with E-state index in [1.807, 2.05) is 17.7 Å². The van der Waals surface area contributed by atoms with Crippen LogP contribution in [0.2, 0.25) is 5.02 Å². The third kappa shape index (κ3) is 2.73. The lowest BCUT2D eigenvalue weighted by molar-refractivity contribution is 0.101. The van der Waals surface area contributed by atoms with E-state index in [1.165, 1.54) is 6.20 Å². The number of aromatic nitrogens is 2. The SMILES string of the molecule is CCn1cc(Br)cc1C(=O)Nc1cnccc1Cl. The Morgan fingerprint density at radius 2 is 2.39 bits per heavy atom. The zero-order valence-corrected chi connectivity index (χ0v) is 12.0. The number of carbonyl (C=O) groups is 1. The number of hydrogen-bond donors (Lipinski definition) is 1. The van der Waals surface area contributed by atoms with Gasteiger partial charge in [0.25, 0.3) is 5.91 Å². The van der Waals surface area contributed by atoms with Gasteiger partial charge >= 0.3 is 0 Å². The second-order valence-corrected chi connectivity index (χ2v) is 4.96. The maximum atomic E-state index is 12.1. The van der Waals surface area contributed by atoms with Gasteiger partial charge in [0.15, 0.2) is 0 Å². The van der Waals surface area contributed by atoms with Gasteiger partial charge in [-0.2, -0.15) is 0 Å². The molecule has 0 spiro atoms. The van der Waals surface area contributed by atoms with Crippen molar-refractivity contribution < 1.29 is 4.79 Å². The molecule has 0 fully saturated rings. The van der Waals surface area contributed by atoms with Crippen molar-refractivity contribution >= 4 is 39.1 Å². The molecule has 0 aliphatic carbocycles. The molecule has 0 aliphatic heterocycles. The molecule has 4 nitrogen and oxygen atoms in total. The molecule has 0 aliphatic rings. The van der Waals surface area contributed by atoms with Crippen LogP contribution in [-0.4, -0.2) is 15.5 Å². The van der Waals surface area contributed by atoms with E-state index >= 15 is 0 Å². The summed E-state index contributed by atoms with van der Waals surface area (Å²) in [5, 5.41) is 3.20. The molecule has 0 saturated carbocycles. The van der Waals surface area contributed by atoms with Crippen molar-refractivity contribution in [3.8, 4) is 0 Å². The Kier molecular flexibility index (Phi) is 4.04. The summed E-state index contributed by atoms with van der Waals surface area (Å²) in [7, 11) is 0. The monoisotopic (exact) mass is 327 g/mol. The van der Waals surface area contributed by atoms with Crippen LogP contribution in [0.3, 0.4) is 0 Å². The number of nitrogens with zero attached hydrogens (tertiary/aromatic N) is 2. The highest BCUT2D eigenvalue weighted by Crippen LogP contribution is 2.21. The summed E-state index contributed by atoms with van der Waals surface area (Å²) in [5.74, 6) is -0.211. The molecule has 0 unspecified atom stereocenters. The minimum Gasteiger partial charge on any atom is -0.343 e. The van der Waals surface area contributed by atoms with Crippen molar-refractivity contribution in [2.24, 2.45) is 0 Å². The zero-order chi connectivity index (χ0) is 13.1. The fourth-order valence-electron chi connectivity index (χ4n) is 1.58. The van der Waals surface area contributed by atoms with Crippen LogP contribution in [-0.2, 0) is 6.54 Å². The van der Waals surface area contributed by atoms with Crippen molar-refractivity contribution in [3.63, 3.8) is 0 Å². The van der Waals surface area contributed by atoms with Gasteiger partial charge < -0.3 is 9.88 Å². The predicted octanol–water partition coefficient (Wildman–Crippen LogP) is 3.57. The quantitative estimate of drug-likeness (QED) is 0.936. The van der Waals surface area contributed by atoms with Crippen LogP contribution in [0.1, 0.15) is 17.4 Å². The van der Waals surface area contributed by atoms with E-state index in [2.05, 4.69) is 26.2 Å². The first kappa shape index (κ1) is 13.1. The Morgan fingerprint density at radius 3 is 3.06 bits per heavy atom. The largest absolute Gasteiger partial charge is 0.343 e. The Balaban J connectivity index is 2.25. The van der Waals surface area contributed by atoms with Gasteiger partial charge in [0.2, 0.25) is 0 Å². The van der Waals surface area contributed by atoms with E-state index in [1.54, 1.807) is 18.3 Å². The van der Waals surface area contributed by atoms with Gasteiger partial charge in [-0.05, 0) is 35.0 Å². The van der Waals surface area contributed by atoms with E-state index in [4.69, 9.17) is 11.6 Å². The van der Waals surface area contributed by atoms with Gasteiger partial charge in [0.1, 0.15) is 5.69 Å². The van der Waals surface area contributed by atoms with Gasteiger partial charge in [-0.15, -0.1) is 0 Å². The lowest BCUT2D eigenvalue weighted by atomic mass is 10.3. The molecule has 6 heteroatoms.